The molecule has 0 amide bonds. The van der Waals surface area contributed by atoms with Crippen LogP contribution < -0.4 is 0 Å². The molecule has 0 unspecified atom stereocenters. The molecule has 0 aliphatic carbocycles. The molecular weight excluding hydrogens is 485 g/mol. The zero-order valence-electron chi connectivity index (χ0n) is 17.4. The molecule has 34 heavy (non-hydrogen) atoms. The maximum Gasteiger partial charge on any atom is 0.227 e. The van der Waals surface area contributed by atoms with Crippen molar-refractivity contribution in [2.45, 2.75) is 0 Å². The summed E-state index contributed by atoms with van der Waals surface area (Å²) in [5.74, 6) is 0.464. The van der Waals surface area contributed by atoms with Crippen molar-refractivity contribution >= 4 is 76.6 Å². The van der Waals surface area contributed by atoms with Gasteiger partial charge in [-0.1, -0.05) is 42.5 Å². The Morgan fingerprint density at radius 1 is 0.559 bits per heavy atom. The van der Waals surface area contributed by atoms with Crippen LogP contribution >= 0.6 is 34.5 Å². The second-order valence-corrected chi connectivity index (χ2v) is 9.79. The van der Waals surface area contributed by atoms with Crippen LogP contribution in [0.25, 0.3) is 64.6 Å². The number of furan rings is 1. The molecule has 162 valence electrons. The Bertz CT molecular complexity index is 1890. The third-order valence-corrected chi connectivity index (χ3v) is 7.49. The number of thiophene rings is 1. The monoisotopic (exact) mass is 497 g/mol. The van der Waals surface area contributed by atoms with Crippen molar-refractivity contribution in [3.05, 3.63) is 89.4 Å². The van der Waals surface area contributed by atoms with Crippen molar-refractivity contribution in [3.8, 4) is 22.5 Å². The van der Waals surface area contributed by atoms with E-state index in [2.05, 4.69) is 69.5 Å². The molecule has 0 aliphatic rings. The molecule has 4 aromatic carbocycles. The van der Waals surface area contributed by atoms with E-state index in [4.69, 9.17) is 27.6 Å². The second kappa shape index (κ2) is 7.50. The quantitative estimate of drug-likeness (QED) is 0.239. The first kappa shape index (κ1) is 19.9. The molecule has 0 radical (unpaired) electrons. The second-order valence-electron chi connectivity index (χ2n) is 8.03. The van der Waals surface area contributed by atoms with Gasteiger partial charge in [-0.3, -0.25) is 0 Å². The largest absolute Gasteiger partial charge is 0.456 e. The van der Waals surface area contributed by atoms with Crippen molar-refractivity contribution < 1.29 is 4.42 Å². The average Bonchev–Trinajstić information content (AvgIpc) is 3.40. The van der Waals surface area contributed by atoms with Crippen LogP contribution in [0.5, 0.6) is 0 Å². The molecule has 0 bridgehead atoms. The van der Waals surface area contributed by atoms with E-state index >= 15 is 0 Å². The number of nitrogens with zero attached hydrogens (tertiary/aromatic N) is 3. The normalized spacial score (nSPS) is 11.8. The van der Waals surface area contributed by atoms with E-state index in [1.54, 1.807) is 11.3 Å². The van der Waals surface area contributed by atoms with Crippen molar-refractivity contribution in [3.63, 3.8) is 0 Å². The number of rotatable bonds is 2. The molecule has 3 heterocycles. The van der Waals surface area contributed by atoms with Gasteiger partial charge in [0.05, 0.1) is 0 Å². The fourth-order valence-electron chi connectivity index (χ4n) is 4.46. The average molecular weight is 498 g/mol. The Morgan fingerprint density at radius 3 is 2.12 bits per heavy atom. The Labute approximate surface area is 207 Å². The molecule has 0 saturated heterocycles. The number of hydrogen-bond donors (Lipinski definition) is 0. The molecule has 0 aliphatic heterocycles. The van der Waals surface area contributed by atoms with Crippen molar-refractivity contribution in [1.29, 1.82) is 0 Å². The molecule has 0 fully saturated rings. The summed E-state index contributed by atoms with van der Waals surface area (Å²) in [6.07, 6.45) is 0. The molecule has 4 nitrogen and oxygen atoms in total. The molecule has 7 heteroatoms. The zero-order valence-corrected chi connectivity index (χ0v) is 19.7. The fraction of sp³-hybridized carbons (Fsp3) is 0. The summed E-state index contributed by atoms with van der Waals surface area (Å²) in [6, 6.07) is 27.3. The van der Waals surface area contributed by atoms with Crippen molar-refractivity contribution in [2.75, 3.05) is 0 Å². The van der Waals surface area contributed by atoms with Crippen molar-refractivity contribution in [1.82, 2.24) is 15.0 Å². The molecule has 3 aromatic heterocycles. The van der Waals surface area contributed by atoms with E-state index in [0.29, 0.717) is 5.82 Å². The maximum absolute atomic E-state index is 5.99. The summed E-state index contributed by atoms with van der Waals surface area (Å²) in [7, 11) is 0. The summed E-state index contributed by atoms with van der Waals surface area (Å²) in [6.45, 7) is 0. The predicted octanol–water partition coefficient (Wildman–Crippen LogP) is 8.78. The van der Waals surface area contributed by atoms with E-state index < -0.39 is 0 Å². The first-order chi connectivity index (χ1) is 16.6. The van der Waals surface area contributed by atoms with Crippen LogP contribution in [0.3, 0.4) is 0 Å². The van der Waals surface area contributed by atoms with Crippen LogP contribution in [-0.4, -0.2) is 15.0 Å². The number of hydrogen-bond acceptors (Lipinski definition) is 5. The third kappa shape index (κ3) is 3.16. The molecule has 0 N–H and O–H groups in total. The highest BCUT2D eigenvalue weighted by molar-refractivity contribution is 7.25. The van der Waals surface area contributed by atoms with E-state index in [-0.39, 0.29) is 10.6 Å². The lowest BCUT2D eigenvalue weighted by Gasteiger charge is -2.03. The van der Waals surface area contributed by atoms with E-state index in [1.807, 2.05) is 24.3 Å². The van der Waals surface area contributed by atoms with Gasteiger partial charge in [0.25, 0.3) is 0 Å². The van der Waals surface area contributed by atoms with Gasteiger partial charge >= 0.3 is 0 Å². The highest BCUT2D eigenvalue weighted by atomic mass is 35.5. The van der Waals surface area contributed by atoms with Crippen LogP contribution in [0.4, 0.5) is 0 Å². The maximum atomic E-state index is 5.99. The van der Waals surface area contributed by atoms with E-state index in [1.165, 1.54) is 21.0 Å². The first-order valence-electron chi connectivity index (χ1n) is 10.6. The smallest absolute Gasteiger partial charge is 0.227 e. The topological polar surface area (TPSA) is 51.8 Å². The lowest BCUT2D eigenvalue weighted by atomic mass is 10.0. The first-order valence-corrected chi connectivity index (χ1v) is 12.1. The van der Waals surface area contributed by atoms with Gasteiger partial charge in [-0.05, 0) is 70.7 Å². The third-order valence-electron chi connectivity index (χ3n) is 6.02. The summed E-state index contributed by atoms with van der Waals surface area (Å²) < 4.78 is 8.36. The number of halogens is 2. The molecular formula is C27H13Cl2N3OS. The van der Waals surface area contributed by atoms with Gasteiger partial charge in [-0.25, -0.2) is 0 Å². The Morgan fingerprint density at radius 2 is 1.26 bits per heavy atom. The minimum Gasteiger partial charge on any atom is -0.456 e. The van der Waals surface area contributed by atoms with E-state index in [0.717, 1.165) is 37.8 Å². The number of aromatic nitrogens is 3. The Hall–Kier alpha value is -3.51. The highest BCUT2D eigenvalue weighted by Gasteiger charge is 2.12. The summed E-state index contributed by atoms with van der Waals surface area (Å²) in [4.78, 5) is 12.3. The van der Waals surface area contributed by atoms with Crippen LogP contribution in [0.1, 0.15) is 0 Å². The molecule has 7 rings (SSSR count). The lowest BCUT2D eigenvalue weighted by molar-refractivity contribution is 0.669. The SMILES string of the molecule is Clc1nc(Cl)nc(-c2ccc3c(c2)sc2ccc(-c4ccc5oc6ccccc6c5c4)cc23)n1. The number of para-hydroxylation sites is 1. The van der Waals surface area contributed by atoms with Gasteiger partial charge in [0.15, 0.2) is 5.82 Å². The van der Waals surface area contributed by atoms with Gasteiger partial charge in [0.1, 0.15) is 11.2 Å². The lowest BCUT2D eigenvalue weighted by Crippen LogP contribution is -1.93. The fourth-order valence-corrected chi connectivity index (χ4v) is 5.95. The van der Waals surface area contributed by atoms with Gasteiger partial charge in [0.2, 0.25) is 10.6 Å². The number of fused-ring (bicyclic) bond motifs is 6. The van der Waals surface area contributed by atoms with Gasteiger partial charge in [-0.2, -0.15) is 15.0 Å². The van der Waals surface area contributed by atoms with Crippen LogP contribution in [0.15, 0.2) is 83.3 Å². The van der Waals surface area contributed by atoms with Crippen LogP contribution in [0, 0.1) is 0 Å². The Balaban J connectivity index is 1.37. The van der Waals surface area contributed by atoms with Gasteiger partial charge < -0.3 is 4.42 Å². The highest BCUT2D eigenvalue weighted by Crippen LogP contribution is 2.39. The predicted molar refractivity (Wildman–Crippen MR) is 141 cm³/mol. The van der Waals surface area contributed by atoms with E-state index in [9.17, 15) is 0 Å². The zero-order chi connectivity index (χ0) is 22.8. The van der Waals surface area contributed by atoms with Crippen LogP contribution in [-0.2, 0) is 0 Å². The van der Waals surface area contributed by atoms with Crippen LogP contribution in [0.2, 0.25) is 10.6 Å². The summed E-state index contributed by atoms with van der Waals surface area (Å²) >= 11 is 13.7. The minimum atomic E-state index is 0.0819. The molecule has 0 saturated carbocycles. The molecule has 0 atom stereocenters. The Kier molecular flexibility index (Phi) is 4.39. The minimum absolute atomic E-state index is 0.0819. The van der Waals surface area contributed by atoms with Crippen molar-refractivity contribution in [2.24, 2.45) is 0 Å². The summed E-state index contributed by atoms with van der Waals surface area (Å²) in [5, 5.41) is 4.83. The summed E-state index contributed by atoms with van der Waals surface area (Å²) in [5.41, 5.74) is 4.98. The van der Waals surface area contributed by atoms with Gasteiger partial charge in [-0.15, -0.1) is 11.3 Å². The molecule has 0 spiro atoms. The standard InChI is InChI=1S/C27H13Cl2N3OS/c28-26-30-25(31-27(29)32-26)16-5-8-18-20-12-15(7-10-23(20)34-24(18)13-16)14-6-9-22-19(11-14)17-3-1-2-4-21(17)33-22/h1-13H. The molecule has 7 aromatic rings. The van der Waals surface area contributed by atoms with Gasteiger partial charge in [0, 0.05) is 36.5 Å². The number of benzene rings is 4.